The number of pyridine rings is 1. The van der Waals surface area contributed by atoms with Crippen molar-refractivity contribution < 1.29 is 4.74 Å². The van der Waals surface area contributed by atoms with Gasteiger partial charge in [-0.05, 0) is 43.9 Å². The van der Waals surface area contributed by atoms with Crippen molar-refractivity contribution in [3.05, 3.63) is 30.1 Å². The third-order valence-electron chi connectivity index (χ3n) is 3.67. The van der Waals surface area contributed by atoms with Gasteiger partial charge in [-0.25, -0.2) is 0 Å². The van der Waals surface area contributed by atoms with E-state index in [-0.39, 0.29) is 0 Å². The Hall–Kier alpha value is -0.930. The predicted molar refractivity (Wildman–Crippen MR) is 73.5 cm³/mol. The Morgan fingerprint density at radius 3 is 2.94 bits per heavy atom. The molecule has 3 heteroatoms. The molecule has 2 rings (SSSR count). The van der Waals surface area contributed by atoms with E-state index in [1.807, 2.05) is 12.4 Å². The Morgan fingerprint density at radius 1 is 1.44 bits per heavy atom. The number of hydrogen-bond donors (Lipinski definition) is 1. The highest BCUT2D eigenvalue weighted by Crippen LogP contribution is 2.21. The minimum atomic E-state index is 0.387. The van der Waals surface area contributed by atoms with E-state index in [4.69, 9.17) is 4.74 Å². The van der Waals surface area contributed by atoms with Gasteiger partial charge in [-0.3, -0.25) is 4.98 Å². The zero-order chi connectivity index (χ0) is 12.8. The second-order valence-electron chi connectivity index (χ2n) is 5.17. The van der Waals surface area contributed by atoms with E-state index in [1.165, 1.54) is 18.4 Å². The summed E-state index contributed by atoms with van der Waals surface area (Å²) in [7, 11) is 0. The van der Waals surface area contributed by atoms with Gasteiger partial charge in [-0.2, -0.15) is 0 Å². The SMILES string of the molecule is CCCC1CC(N[C@H](C)c2ccncc2)CCO1. The lowest BCUT2D eigenvalue weighted by molar-refractivity contribution is -0.00472. The summed E-state index contributed by atoms with van der Waals surface area (Å²) in [5.41, 5.74) is 1.31. The molecule has 0 bridgehead atoms. The van der Waals surface area contributed by atoms with E-state index in [2.05, 4.69) is 36.3 Å². The summed E-state index contributed by atoms with van der Waals surface area (Å²) in [6, 6.07) is 5.14. The Morgan fingerprint density at radius 2 is 2.22 bits per heavy atom. The summed E-state index contributed by atoms with van der Waals surface area (Å²) in [6.07, 6.45) is 8.82. The van der Waals surface area contributed by atoms with Gasteiger partial charge in [-0.15, -0.1) is 0 Å². The third-order valence-corrected chi connectivity index (χ3v) is 3.67. The molecule has 2 unspecified atom stereocenters. The standard InChI is InChI=1S/C15H24N2O/c1-3-4-15-11-14(7-10-18-15)17-12(2)13-5-8-16-9-6-13/h5-6,8-9,12,14-15,17H,3-4,7,10-11H2,1-2H3/t12-,14?,15?/m1/s1. The molecule has 1 aromatic rings. The summed E-state index contributed by atoms with van der Waals surface area (Å²) >= 11 is 0. The zero-order valence-corrected chi connectivity index (χ0v) is 11.4. The maximum Gasteiger partial charge on any atom is 0.0589 e. The molecule has 1 fully saturated rings. The fraction of sp³-hybridized carbons (Fsp3) is 0.667. The summed E-state index contributed by atoms with van der Waals surface area (Å²) in [4.78, 5) is 4.06. The summed E-state index contributed by atoms with van der Waals surface area (Å²) in [5.74, 6) is 0. The first-order valence-corrected chi connectivity index (χ1v) is 7.07. The molecule has 0 spiro atoms. The maximum absolute atomic E-state index is 5.79. The van der Waals surface area contributed by atoms with Crippen LogP contribution in [0.25, 0.3) is 0 Å². The van der Waals surface area contributed by atoms with Crippen molar-refractivity contribution in [2.75, 3.05) is 6.61 Å². The molecule has 1 N–H and O–H groups in total. The molecule has 1 aliphatic rings. The van der Waals surface area contributed by atoms with E-state index in [0.717, 1.165) is 19.4 Å². The molecule has 3 nitrogen and oxygen atoms in total. The van der Waals surface area contributed by atoms with Crippen molar-refractivity contribution >= 4 is 0 Å². The molecule has 3 atom stereocenters. The molecule has 0 amide bonds. The Labute approximate surface area is 110 Å². The van der Waals surface area contributed by atoms with Crippen molar-refractivity contribution in [3.8, 4) is 0 Å². The first kappa shape index (κ1) is 13.5. The van der Waals surface area contributed by atoms with Crippen molar-refractivity contribution in [3.63, 3.8) is 0 Å². The summed E-state index contributed by atoms with van der Waals surface area (Å²) in [5, 5.41) is 3.72. The molecule has 0 aromatic carbocycles. The fourth-order valence-electron chi connectivity index (χ4n) is 2.66. The van der Waals surface area contributed by atoms with Gasteiger partial charge in [0.05, 0.1) is 6.10 Å². The monoisotopic (exact) mass is 248 g/mol. The van der Waals surface area contributed by atoms with Gasteiger partial charge in [0.25, 0.3) is 0 Å². The molecular formula is C15H24N2O. The molecule has 0 radical (unpaired) electrons. The predicted octanol–water partition coefficient (Wildman–Crippen LogP) is 3.08. The van der Waals surface area contributed by atoms with E-state index >= 15 is 0 Å². The highest BCUT2D eigenvalue weighted by molar-refractivity contribution is 5.14. The highest BCUT2D eigenvalue weighted by atomic mass is 16.5. The van der Waals surface area contributed by atoms with Gasteiger partial charge in [0, 0.05) is 31.1 Å². The second kappa shape index (κ2) is 6.86. The molecule has 1 saturated heterocycles. The van der Waals surface area contributed by atoms with Crippen molar-refractivity contribution in [1.82, 2.24) is 10.3 Å². The lowest BCUT2D eigenvalue weighted by Crippen LogP contribution is -2.40. The van der Waals surface area contributed by atoms with Crippen molar-refractivity contribution in [2.24, 2.45) is 0 Å². The largest absolute Gasteiger partial charge is 0.378 e. The number of hydrogen-bond acceptors (Lipinski definition) is 3. The minimum absolute atomic E-state index is 0.387. The minimum Gasteiger partial charge on any atom is -0.378 e. The van der Waals surface area contributed by atoms with Crippen LogP contribution in [0.2, 0.25) is 0 Å². The molecule has 0 saturated carbocycles. The zero-order valence-electron chi connectivity index (χ0n) is 11.4. The van der Waals surface area contributed by atoms with Crippen LogP contribution in [-0.2, 0) is 4.74 Å². The van der Waals surface area contributed by atoms with Gasteiger partial charge < -0.3 is 10.1 Å². The average Bonchev–Trinajstić information content (AvgIpc) is 2.40. The van der Waals surface area contributed by atoms with Crippen molar-refractivity contribution in [2.45, 2.75) is 57.7 Å². The van der Waals surface area contributed by atoms with Crippen LogP contribution in [0.3, 0.4) is 0 Å². The highest BCUT2D eigenvalue weighted by Gasteiger charge is 2.23. The molecule has 1 aromatic heterocycles. The normalized spacial score (nSPS) is 25.9. The Kier molecular flexibility index (Phi) is 5.14. The molecule has 0 aliphatic carbocycles. The van der Waals surface area contributed by atoms with E-state index < -0.39 is 0 Å². The van der Waals surface area contributed by atoms with Gasteiger partial charge in [0.2, 0.25) is 0 Å². The van der Waals surface area contributed by atoms with Gasteiger partial charge >= 0.3 is 0 Å². The molecule has 2 heterocycles. The van der Waals surface area contributed by atoms with Crippen LogP contribution in [-0.4, -0.2) is 23.7 Å². The smallest absolute Gasteiger partial charge is 0.0589 e. The number of aromatic nitrogens is 1. The summed E-state index contributed by atoms with van der Waals surface area (Å²) < 4.78 is 5.79. The third kappa shape index (κ3) is 3.79. The lowest BCUT2D eigenvalue weighted by atomic mass is 9.98. The van der Waals surface area contributed by atoms with E-state index in [0.29, 0.717) is 18.2 Å². The Balaban J connectivity index is 1.85. The first-order valence-electron chi connectivity index (χ1n) is 7.07. The first-order chi connectivity index (χ1) is 8.79. The number of nitrogens with one attached hydrogen (secondary N) is 1. The Bertz CT molecular complexity index is 340. The van der Waals surface area contributed by atoms with Crippen LogP contribution >= 0.6 is 0 Å². The second-order valence-corrected chi connectivity index (χ2v) is 5.17. The van der Waals surface area contributed by atoms with Crippen LogP contribution in [0, 0.1) is 0 Å². The lowest BCUT2D eigenvalue weighted by Gasteiger charge is -2.32. The van der Waals surface area contributed by atoms with Gasteiger partial charge in [0.15, 0.2) is 0 Å². The number of rotatable bonds is 5. The topological polar surface area (TPSA) is 34.2 Å². The summed E-state index contributed by atoms with van der Waals surface area (Å²) in [6.45, 7) is 5.34. The van der Waals surface area contributed by atoms with Crippen LogP contribution in [0.5, 0.6) is 0 Å². The van der Waals surface area contributed by atoms with Gasteiger partial charge in [0.1, 0.15) is 0 Å². The molecular weight excluding hydrogens is 224 g/mol. The van der Waals surface area contributed by atoms with Crippen LogP contribution < -0.4 is 5.32 Å². The van der Waals surface area contributed by atoms with Crippen molar-refractivity contribution in [1.29, 1.82) is 0 Å². The van der Waals surface area contributed by atoms with Gasteiger partial charge in [-0.1, -0.05) is 13.3 Å². The maximum atomic E-state index is 5.79. The molecule has 18 heavy (non-hydrogen) atoms. The van der Waals surface area contributed by atoms with Crippen LogP contribution in [0.1, 0.15) is 51.1 Å². The fourth-order valence-corrected chi connectivity index (χ4v) is 2.66. The quantitative estimate of drug-likeness (QED) is 0.869. The van der Waals surface area contributed by atoms with E-state index in [9.17, 15) is 0 Å². The van der Waals surface area contributed by atoms with Crippen LogP contribution in [0.4, 0.5) is 0 Å². The molecule has 100 valence electrons. The van der Waals surface area contributed by atoms with Crippen LogP contribution in [0.15, 0.2) is 24.5 Å². The number of ether oxygens (including phenoxy) is 1. The number of nitrogens with zero attached hydrogens (tertiary/aromatic N) is 1. The average molecular weight is 248 g/mol. The van der Waals surface area contributed by atoms with E-state index in [1.54, 1.807) is 0 Å². The molecule has 1 aliphatic heterocycles.